The number of carbonyl (C=O) groups excluding carboxylic acids is 1. The third kappa shape index (κ3) is 5.98. The van der Waals surface area contributed by atoms with Crippen molar-refractivity contribution in [3.63, 3.8) is 0 Å². The lowest BCUT2D eigenvalue weighted by atomic mass is 10.2. The van der Waals surface area contributed by atoms with Gasteiger partial charge in [0.2, 0.25) is 5.91 Å². The Morgan fingerprint density at radius 2 is 1.76 bits per heavy atom. The highest BCUT2D eigenvalue weighted by atomic mass is 35.5. The average molecular weight is 497 g/mol. The Morgan fingerprint density at radius 1 is 1.12 bits per heavy atom. The monoisotopic (exact) mass is 496 g/mol. The molecule has 0 aliphatic carbocycles. The molecule has 34 heavy (non-hydrogen) atoms. The zero-order valence-electron chi connectivity index (χ0n) is 20.1. The van der Waals surface area contributed by atoms with Crippen molar-refractivity contribution >= 4 is 35.0 Å². The van der Waals surface area contributed by atoms with Gasteiger partial charge >= 0.3 is 0 Å². The molecule has 1 heterocycles. The summed E-state index contributed by atoms with van der Waals surface area (Å²) >= 11 is 7.46. The van der Waals surface area contributed by atoms with E-state index in [0.717, 1.165) is 22.8 Å². The third-order valence-corrected chi connectivity index (χ3v) is 6.86. The fourth-order valence-electron chi connectivity index (χ4n) is 3.37. The number of benzene rings is 2. The van der Waals surface area contributed by atoms with Gasteiger partial charge < -0.3 is 4.90 Å². The smallest absolute Gasteiger partial charge is 0.240 e. The van der Waals surface area contributed by atoms with Crippen LogP contribution in [0.4, 0.5) is 5.69 Å². The fourth-order valence-corrected chi connectivity index (χ4v) is 4.44. The second kappa shape index (κ2) is 11.5. The predicted molar refractivity (Wildman–Crippen MR) is 138 cm³/mol. The standard InChI is InChI=1S/C25H29ClN6OS/c1-17-7-11-21(12-8-17)31(16-6-15-27)24(33)19(3)34-25-29-28-23(18(2)30(4)5)32(25)22-13-9-20(26)10-14-22/h7-14,18-19H,6,16H2,1-5H3. The maximum atomic E-state index is 13.5. The Labute approximate surface area is 210 Å². The number of halogens is 1. The fraction of sp³-hybridized carbons (Fsp3) is 0.360. The summed E-state index contributed by atoms with van der Waals surface area (Å²) < 4.78 is 1.97. The van der Waals surface area contributed by atoms with Crippen molar-refractivity contribution in [2.45, 2.75) is 43.6 Å². The van der Waals surface area contributed by atoms with Crippen molar-refractivity contribution < 1.29 is 4.79 Å². The number of hydrogen-bond donors (Lipinski definition) is 0. The van der Waals surface area contributed by atoms with Crippen LogP contribution in [0.2, 0.25) is 5.02 Å². The summed E-state index contributed by atoms with van der Waals surface area (Å²) in [5, 5.41) is 18.8. The van der Waals surface area contributed by atoms with E-state index in [-0.39, 0.29) is 18.4 Å². The van der Waals surface area contributed by atoms with Crippen LogP contribution in [0.15, 0.2) is 53.7 Å². The zero-order valence-corrected chi connectivity index (χ0v) is 21.6. The molecule has 7 nitrogen and oxygen atoms in total. The van der Waals surface area contributed by atoms with Gasteiger partial charge in [0.05, 0.1) is 23.8 Å². The van der Waals surface area contributed by atoms with Crippen LogP contribution in [0, 0.1) is 18.3 Å². The van der Waals surface area contributed by atoms with Crippen LogP contribution in [0.25, 0.3) is 5.69 Å². The molecule has 0 saturated carbocycles. The van der Waals surface area contributed by atoms with Crippen molar-refractivity contribution in [2.24, 2.45) is 0 Å². The topological polar surface area (TPSA) is 78.0 Å². The SMILES string of the molecule is Cc1ccc(N(CCC#N)C(=O)C(C)Sc2nnc(C(C)N(C)C)n2-c2ccc(Cl)cc2)cc1. The minimum Gasteiger partial charge on any atom is -0.310 e. The first-order valence-corrected chi connectivity index (χ1v) is 12.3. The van der Waals surface area contributed by atoms with Gasteiger partial charge in [-0.05, 0) is 71.3 Å². The maximum Gasteiger partial charge on any atom is 0.240 e. The summed E-state index contributed by atoms with van der Waals surface area (Å²) in [5.41, 5.74) is 2.76. The molecule has 0 spiro atoms. The van der Waals surface area contributed by atoms with Gasteiger partial charge in [0.25, 0.3) is 0 Å². The van der Waals surface area contributed by atoms with Gasteiger partial charge in [-0.2, -0.15) is 5.26 Å². The Hall–Kier alpha value is -2.86. The summed E-state index contributed by atoms with van der Waals surface area (Å²) in [5.74, 6) is 0.686. The van der Waals surface area contributed by atoms with Crippen LogP contribution in [0.3, 0.4) is 0 Å². The van der Waals surface area contributed by atoms with E-state index in [2.05, 4.69) is 28.1 Å². The molecule has 0 saturated heterocycles. The number of anilines is 1. The minimum absolute atomic E-state index is 0.00298. The van der Waals surface area contributed by atoms with Gasteiger partial charge in [0, 0.05) is 22.9 Å². The summed E-state index contributed by atoms with van der Waals surface area (Å²) in [6.07, 6.45) is 0.252. The van der Waals surface area contributed by atoms with Crippen LogP contribution in [0.1, 0.15) is 37.7 Å². The summed E-state index contributed by atoms with van der Waals surface area (Å²) in [4.78, 5) is 17.2. The van der Waals surface area contributed by atoms with Crippen molar-refractivity contribution in [1.29, 1.82) is 5.26 Å². The molecule has 0 aliphatic rings. The number of aryl methyl sites for hydroxylation is 1. The third-order valence-electron chi connectivity index (χ3n) is 5.58. The van der Waals surface area contributed by atoms with E-state index in [4.69, 9.17) is 16.9 Å². The van der Waals surface area contributed by atoms with E-state index < -0.39 is 5.25 Å². The molecule has 2 unspecified atom stereocenters. The average Bonchev–Trinajstić information content (AvgIpc) is 3.23. The largest absolute Gasteiger partial charge is 0.310 e. The molecule has 2 atom stereocenters. The van der Waals surface area contributed by atoms with Gasteiger partial charge in [0.1, 0.15) is 0 Å². The summed E-state index contributed by atoms with van der Waals surface area (Å²) in [7, 11) is 3.97. The molecule has 0 fully saturated rings. The van der Waals surface area contributed by atoms with E-state index in [9.17, 15) is 4.79 Å². The maximum absolute atomic E-state index is 13.5. The molecule has 1 aromatic heterocycles. The van der Waals surface area contributed by atoms with Crippen LogP contribution in [-0.2, 0) is 4.79 Å². The first-order valence-electron chi connectivity index (χ1n) is 11.0. The molecular formula is C25H29ClN6OS. The van der Waals surface area contributed by atoms with Gasteiger partial charge in [-0.25, -0.2) is 0 Å². The molecule has 0 radical (unpaired) electrons. The first kappa shape index (κ1) is 25.8. The Bertz CT molecular complexity index is 1150. The molecule has 3 rings (SSSR count). The molecule has 9 heteroatoms. The van der Waals surface area contributed by atoms with Crippen molar-refractivity contribution in [1.82, 2.24) is 19.7 Å². The molecule has 0 N–H and O–H groups in total. The lowest BCUT2D eigenvalue weighted by molar-refractivity contribution is -0.117. The molecule has 178 valence electrons. The molecule has 3 aromatic rings. The summed E-state index contributed by atoms with van der Waals surface area (Å²) in [6, 6.07) is 17.4. The van der Waals surface area contributed by atoms with E-state index in [1.165, 1.54) is 11.8 Å². The normalized spacial score (nSPS) is 12.9. The van der Waals surface area contributed by atoms with E-state index in [1.54, 1.807) is 4.90 Å². The minimum atomic E-state index is -0.447. The number of rotatable bonds is 9. The second-order valence-corrected chi connectivity index (χ2v) is 10.0. The van der Waals surface area contributed by atoms with Crippen LogP contribution < -0.4 is 4.90 Å². The van der Waals surface area contributed by atoms with Crippen LogP contribution >= 0.6 is 23.4 Å². The van der Waals surface area contributed by atoms with E-state index in [0.29, 0.717) is 16.7 Å². The molecule has 0 bridgehead atoms. The van der Waals surface area contributed by atoms with Gasteiger partial charge in [-0.3, -0.25) is 14.3 Å². The molecule has 1 amide bonds. The van der Waals surface area contributed by atoms with Gasteiger partial charge in [0.15, 0.2) is 11.0 Å². The molecule has 0 aliphatic heterocycles. The van der Waals surface area contributed by atoms with Crippen molar-refractivity contribution in [2.75, 3.05) is 25.5 Å². The summed E-state index contributed by atoms with van der Waals surface area (Å²) in [6.45, 7) is 6.24. The Balaban J connectivity index is 1.94. The number of amides is 1. The number of hydrogen-bond acceptors (Lipinski definition) is 6. The Morgan fingerprint density at radius 3 is 2.35 bits per heavy atom. The lowest BCUT2D eigenvalue weighted by Crippen LogP contribution is -2.37. The van der Waals surface area contributed by atoms with Crippen LogP contribution in [0.5, 0.6) is 0 Å². The lowest BCUT2D eigenvalue weighted by Gasteiger charge is -2.25. The highest BCUT2D eigenvalue weighted by molar-refractivity contribution is 8.00. The zero-order chi connectivity index (χ0) is 24.8. The van der Waals surface area contributed by atoms with Gasteiger partial charge in [-0.1, -0.05) is 41.1 Å². The number of nitriles is 1. The van der Waals surface area contributed by atoms with Crippen molar-refractivity contribution in [3.05, 3.63) is 64.9 Å². The quantitative estimate of drug-likeness (QED) is 0.375. The van der Waals surface area contributed by atoms with E-state index in [1.807, 2.05) is 81.0 Å². The van der Waals surface area contributed by atoms with E-state index >= 15 is 0 Å². The number of nitrogens with zero attached hydrogens (tertiary/aromatic N) is 6. The molecular weight excluding hydrogens is 468 g/mol. The highest BCUT2D eigenvalue weighted by Crippen LogP contribution is 2.31. The number of aromatic nitrogens is 3. The molecule has 2 aromatic carbocycles. The second-order valence-electron chi connectivity index (χ2n) is 8.29. The number of carbonyl (C=O) groups is 1. The predicted octanol–water partition coefficient (Wildman–Crippen LogP) is 5.28. The van der Waals surface area contributed by atoms with Gasteiger partial charge in [-0.15, -0.1) is 10.2 Å². The Kier molecular flexibility index (Phi) is 8.72. The number of thioether (sulfide) groups is 1. The van der Waals surface area contributed by atoms with Crippen LogP contribution in [-0.4, -0.2) is 51.5 Å². The first-order chi connectivity index (χ1) is 16.2. The highest BCUT2D eigenvalue weighted by Gasteiger charge is 2.27. The van der Waals surface area contributed by atoms with Crippen molar-refractivity contribution in [3.8, 4) is 11.8 Å².